The molecule has 0 atom stereocenters. The third kappa shape index (κ3) is 2.96. The van der Waals surface area contributed by atoms with Crippen molar-refractivity contribution < 1.29 is 9.18 Å². The van der Waals surface area contributed by atoms with Crippen LogP contribution in [0.4, 0.5) is 15.8 Å². The molecule has 0 aliphatic heterocycles. The minimum atomic E-state index is -0.265. The Kier molecular flexibility index (Phi) is 3.90. The molecule has 0 radical (unpaired) electrons. The van der Waals surface area contributed by atoms with Gasteiger partial charge < -0.3 is 4.90 Å². The SMILES string of the molecule is CCC(=O)c1ccc(N(C)c2ccc(F)cc2)cn1. The van der Waals surface area contributed by atoms with Crippen LogP contribution in [0.1, 0.15) is 23.8 Å². The van der Waals surface area contributed by atoms with Gasteiger partial charge in [-0.25, -0.2) is 4.39 Å². The van der Waals surface area contributed by atoms with E-state index < -0.39 is 0 Å². The highest BCUT2D eigenvalue weighted by atomic mass is 19.1. The van der Waals surface area contributed by atoms with Crippen LogP contribution >= 0.6 is 0 Å². The molecule has 0 amide bonds. The fraction of sp³-hybridized carbons (Fsp3) is 0.200. The predicted octanol–water partition coefficient (Wildman–Crippen LogP) is 3.58. The minimum Gasteiger partial charge on any atom is -0.343 e. The van der Waals surface area contributed by atoms with Gasteiger partial charge in [0.2, 0.25) is 0 Å². The third-order valence-corrected chi connectivity index (χ3v) is 2.96. The lowest BCUT2D eigenvalue weighted by Crippen LogP contribution is -2.10. The number of rotatable bonds is 4. The van der Waals surface area contributed by atoms with E-state index >= 15 is 0 Å². The molecule has 0 unspecified atom stereocenters. The first-order chi connectivity index (χ1) is 9.11. The Bertz CT molecular complexity index is 564. The molecule has 19 heavy (non-hydrogen) atoms. The average molecular weight is 258 g/mol. The molecule has 1 heterocycles. The summed E-state index contributed by atoms with van der Waals surface area (Å²) < 4.78 is 12.9. The molecule has 2 rings (SSSR count). The van der Waals surface area contributed by atoms with Crippen LogP contribution in [0.25, 0.3) is 0 Å². The third-order valence-electron chi connectivity index (χ3n) is 2.96. The van der Waals surface area contributed by atoms with Gasteiger partial charge in [0.1, 0.15) is 11.5 Å². The number of aromatic nitrogens is 1. The van der Waals surface area contributed by atoms with Gasteiger partial charge in [-0.2, -0.15) is 0 Å². The van der Waals surface area contributed by atoms with Crippen LogP contribution in [-0.4, -0.2) is 17.8 Å². The lowest BCUT2D eigenvalue weighted by atomic mass is 10.2. The number of ketones is 1. The molecule has 2 aromatic rings. The van der Waals surface area contributed by atoms with Gasteiger partial charge in [-0.3, -0.25) is 9.78 Å². The number of anilines is 2. The summed E-state index contributed by atoms with van der Waals surface area (Å²) in [5.74, 6) is -0.241. The van der Waals surface area contributed by atoms with Crippen LogP contribution < -0.4 is 4.90 Å². The summed E-state index contributed by atoms with van der Waals surface area (Å²) in [4.78, 5) is 17.5. The molecule has 0 saturated carbocycles. The zero-order valence-corrected chi connectivity index (χ0v) is 10.9. The zero-order chi connectivity index (χ0) is 13.8. The molecule has 1 aromatic carbocycles. The fourth-order valence-corrected chi connectivity index (χ4v) is 1.74. The Hall–Kier alpha value is -2.23. The van der Waals surface area contributed by atoms with Crippen LogP contribution in [-0.2, 0) is 0 Å². The molecule has 4 heteroatoms. The summed E-state index contributed by atoms with van der Waals surface area (Å²) in [5, 5.41) is 0. The minimum absolute atomic E-state index is 0.0241. The number of pyridine rings is 1. The second-order valence-electron chi connectivity index (χ2n) is 4.21. The molecule has 0 spiro atoms. The summed E-state index contributed by atoms with van der Waals surface area (Å²) in [6, 6.07) is 9.75. The molecule has 98 valence electrons. The average Bonchev–Trinajstić information content (AvgIpc) is 2.46. The highest BCUT2D eigenvalue weighted by molar-refractivity contribution is 5.94. The zero-order valence-electron chi connectivity index (χ0n) is 10.9. The van der Waals surface area contributed by atoms with Gasteiger partial charge in [-0.1, -0.05) is 6.92 Å². The summed E-state index contributed by atoms with van der Waals surface area (Å²) >= 11 is 0. The maximum Gasteiger partial charge on any atom is 0.180 e. The highest BCUT2D eigenvalue weighted by Crippen LogP contribution is 2.23. The van der Waals surface area contributed by atoms with Crippen molar-refractivity contribution in [2.45, 2.75) is 13.3 Å². The number of halogens is 1. The van der Waals surface area contributed by atoms with Crippen molar-refractivity contribution in [1.82, 2.24) is 4.98 Å². The fourth-order valence-electron chi connectivity index (χ4n) is 1.74. The lowest BCUT2D eigenvalue weighted by Gasteiger charge is -2.19. The van der Waals surface area contributed by atoms with E-state index in [1.165, 1.54) is 12.1 Å². The first-order valence-electron chi connectivity index (χ1n) is 6.10. The van der Waals surface area contributed by atoms with Crippen molar-refractivity contribution in [3.8, 4) is 0 Å². The Morgan fingerprint density at radius 3 is 2.32 bits per heavy atom. The van der Waals surface area contributed by atoms with Crippen LogP contribution in [0.3, 0.4) is 0 Å². The predicted molar refractivity (Wildman–Crippen MR) is 73.3 cm³/mol. The number of hydrogen-bond acceptors (Lipinski definition) is 3. The molecule has 0 fully saturated rings. The van der Waals surface area contributed by atoms with E-state index in [0.29, 0.717) is 12.1 Å². The van der Waals surface area contributed by atoms with Crippen LogP contribution in [0.15, 0.2) is 42.6 Å². The van der Waals surface area contributed by atoms with Crippen molar-refractivity contribution in [3.63, 3.8) is 0 Å². The van der Waals surface area contributed by atoms with Gasteiger partial charge in [0.25, 0.3) is 0 Å². The summed E-state index contributed by atoms with van der Waals surface area (Å²) in [7, 11) is 1.87. The second kappa shape index (κ2) is 5.61. The maximum absolute atomic E-state index is 12.9. The number of hydrogen-bond donors (Lipinski definition) is 0. The Labute approximate surface area is 111 Å². The van der Waals surface area contributed by atoms with Gasteiger partial charge >= 0.3 is 0 Å². The highest BCUT2D eigenvalue weighted by Gasteiger charge is 2.07. The number of benzene rings is 1. The standard InChI is InChI=1S/C15H15FN2O/c1-3-15(19)14-9-8-13(10-17-14)18(2)12-6-4-11(16)5-7-12/h4-10H,3H2,1-2H3. The molecule has 0 saturated heterocycles. The summed E-state index contributed by atoms with van der Waals surface area (Å²) in [5.41, 5.74) is 2.18. The van der Waals surface area contributed by atoms with E-state index in [-0.39, 0.29) is 11.6 Å². The smallest absolute Gasteiger partial charge is 0.180 e. The Morgan fingerprint density at radius 1 is 1.16 bits per heavy atom. The van der Waals surface area contributed by atoms with E-state index in [4.69, 9.17) is 0 Å². The first kappa shape index (κ1) is 13.2. The van der Waals surface area contributed by atoms with E-state index in [9.17, 15) is 9.18 Å². The Morgan fingerprint density at radius 2 is 1.79 bits per heavy atom. The van der Waals surface area contributed by atoms with Crippen molar-refractivity contribution in [2.24, 2.45) is 0 Å². The van der Waals surface area contributed by atoms with Gasteiger partial charge in [0.15, 0.2) is 5.78 Å². The molecular formula is C15H15FN2O. The molecule has 0 N–H and O–H groups in total. The Balaban J connectivity index is 2.22. The van der Waals surface area contributed by atoms with Crippen molar-refractivity contribution in [2.75, 3.05) is 11.9 Å². The number of Topliss-reactive ketones (excluding diaryl/α,β-unsaturated/α-hetero) is 1. The van der Waals surface area contributed by atoms with E-state index in [1.807, 2.05) is 24.9 Å². The quantitative estimate of drug-likeness (QED) is 0.786. The molecular weight excluding hydrogens is 243 g/mol. The van der Waals surface area contributed by atoms with Crippen molar-refractivity contribution >= 4 is 17.2 Å². The molecule has 0 bridgehead atoms. The van der Waals surface area contributed by atoms with E-state index in [2.05, 4.69) is 4.98 Å². The second-order valence-corrected chi connectivity index (χ2v) is 4.21. The van der Waals surface area contributed by atoms with Gasteiger partial charge in [0, 0.05) is 19.2 Å². The summed E-state index contributed by atoms with van der Waals surface area (Å²) in [6.07, 6.45) is 2.09. The van der Waals surface area contributed by atoms with Gasteiger partial charge in [-0.15, -0.1) is 0 Å². The molecule has 0 aliphatic rings. The lowest BCUT2D eigenvalue weighted by molar-refractivity contribution is 0.0983. The number of nitrogens with zero attached hydrogens (tertiary/aromatic N) is 2. The maximum atomic E-state index is 12.9. The molecule has 3 nitrogen and oxygen atoms in total. The van der Waals surface area contributed by atoms with Crippen molar-refractivity contribution in [1.29, 1.82) is 0 Å². The summed E-state index contributed by atoms with van der Waals surface area (Å²) in [6.45, 7) is 1.81. The van der Waals surface area contributed by atoms with E-state index in [0.717, 1.165) is 11.4 Å². The van der Waals surface area contributed by atoms with Crippen LogP contribution in [0, 0.1) is 5.82 Å². The largest absolute Gasteiger partial charge is 0.343 e. The molecule has 0 aliphatic carbocycles. The van der Waals surface area contributed by atoms with Crippen LogP contribution in [0.5, 0.6) is 0 Å². The van der Waals surface area contributed by atoms with Gasteiger partial charge in [-0.05, 0) is 36.4 Å². The first-order valence-corrected chi connectivity index (χ1v) is 6.10. The topological polar surface area (TPSA) is 33.2 Å². The number of carbonyl (C=O) groups is 1. The monoisotopic (exact) mass is 258 g/mol. The van der Waals surface area contributed by atoms with E-state index in [1.54, 1.807) is 24.4 Å². The normalized spacial score (nSPS) is 10.3. The van der Waals surface area contributed by atoms with Crippen molar-refractivity contribution in [3.05, 3.63) is 54.1 Å². The van der Waals surface area contributed by atoms with Gasteiger partial charge in [0.05, 0.1) is 11.9 Å². The molecule has 1 aromatic heterocycles. The van der Waals surface area contributed by atoms with Crippen LogP contribution in [0.2, 0.25) is 0 Å². The number of carbonyl (C=O) groups excluding carboxylic acids is 1.